The fourth-order valence-electron chi connectivity index (χ4n) is 1.26. The SMILES string of the molecule is Cl.Nc1ccc2c(Br)cccc2c1. The molecule has 0 atom stereocenters. The summed E-state index contributed by atoms with van der Waals surface area (Å²) in [5, 5.41) is 2.37. The van der Waals surface area contributed by atoms with E-state index in [1.807, 2.05) is 30.3 Å². The molecule has 0 bridgehead atoms. The van der Waals surface area contributed by atoms with Crippen molar-refractivity contribution in [1.29, 1.82) is 0 Å². The summed E-state index contributed by atoms with van der Waals surface area (Å²) in [6, 6.07) is 12.0. The van der Waals surface area contributed by atoms with E-state index in [4.69, 9.17) is 5.73 Å². The van der Waals surface area contributed by atoms with Gasteiger partial charge in [-0.3, -0.25) is 0 Å². The second-order valence-electron chi connectivity index (χ2n) is 2.72. The van der Waals surface area contributed by atoms with Crippen LogP contribution in [0, 0.1) is 0 Å². The van der Waals surface area contributed by atoms with Crippen molar-refractivity contribution in [3.63, 3.8) is 0 Å². The van der Waals surface area contributed by atoms with E-state index < -0.39 is 0 Å². The van der Waals surface area contributed by atoms with E-state index in [2.05, 4.69) is 22.0 Å². The minimum absolute atomic E-state index is 0. The van der Waals surface area contributed by atoms with Gasteiger partial charge in [0.15, 0.2) is 0 Å². The van der Waals surface area contributed by atoms with E-state index >= 15 is 0 Å². The standard InChI is InChI=1S/C10H8BrN.ClH/c11-10-3-1-2-7-6-8(12)4-5-9(7)10;/h1-6H,12H2;1H. The molecule has 0 fully saturated rings. The number of nitrogen functional groups attached to an aromatic ring is 1. The van der Waals surface area contributed by atoms with Crippen LogP contribution in [0.25, 0.3) is 10.8 Å². The smallest absolute Gasteiger partial charge is 0.0320 e. The lowest BCUT2D eigenvalue weighted by Crippen LogP contribution is -1.83. The summed E-state index contributed by atoms with van der Waals surface area (Å²) in [6.45, 7) is 0. The molecule has 0 spiro atoms. The lowest BCUT2D eigenvalue weighted by Gasteiger charge is -2.00. The Labute approximate surface area is 91.5 Å². The average Bonchev–Trinajstić information content (AvgIpc) is 2.04. The van der Waals surface area contributed by atoms with E-state index in [-0.39, 0.29) is 12.4 Å². The lowest BCUT2D eigenvalue weighted by atomic mass is 10.1. The van der Waals surface area contributed by atoms with Crippen LogP contribution in [0.2, 0.25) is 0 Å². The summed E-state index contributed by atoms with van der Waals surface area (Å²) in [6.07, 6.45) is 0. The third kappa shape index (κ3) is 1.95. The first-order valence-corrected chi connectivity index (χ1v) is 4.50. The zero-order valence-corrected chi connectivity index (χ0v) is 9.23. The Bertz CT molecular complexity index is 428. The third-order valence-electron chi connectivity index (χ3n) is 1.85. The summed E-state index contributed by atoms with van der Waals surface area (Å²) in [5.41, 5.74) is 6.46. The van der Waals surface area contributed by atoms with Crippen molar-refractivity contribution in [2.45, 2.75) is 0 Å². The van der Waals surface area contributed by atoms with Gasteiger partial charge in [-0.2, -0.15) is 0 Å². The van der Waals surface area contributed by atoms with Crippen LogP contribution in [-0.4, -0.2) is 0 Å². The Balaban J connectivity index is 0.000000845. The molecule has 0 radical (unpaired) electrons. The van der Waals surface area contributed by atoms with Gasteiger partial charge in [0.1, 0.15) is 0 Å². The van der Waals surface area contributed by atoms with Gasteiger partial charge in [-0.15, -0.1) is 12.4 Å². The van der Waals surface area contributed by atoms with Gasteiger partial charge in [-0.05, 0) is 29.0 Å². The normalized spacial score (nSPS) is 9.62. The first kappa shape index (κ1) is 10.4. The lowest BCUT2D eigenvalue weighted by molar-refractivity contribution is 1.69. The maximum Gasteiger partial charge on any atom is 0.0320 e. The summed E-state index contributed by atoms with van der Waals surface area (Å²) < 4.78 is 1.11. The molecule has 0 aliphatic carbocycles. The molecule has 1 nitrogen and oxygen atoms in total. The highest BCUT2D eigenvalue weighted by molar-refractivity contribution is 9.10. The van der Waals surface area contributed by atoms with Crippen LogP contribution in [0.5, 0.6) is 0 Å². The number of halogens is 2. The fourth-order valence-corrected chi connectivity index (χ4v) is 1.78. The zero-order chi connectivity index (χ0) is 8.55. The summed E-state index contributed by atoms with van der Waals surface area (Å²) in [5.74, 6) is 0. The Hall–Kier alpha value is -0.730. The predicted molar refractivity (Wildman–Crippen MR) is 63.3 cm³/mol. The fraction of sp³-hybridized carbons (Fsp3) is 0. The largest absolute Gasteiger partial charge is 0.399 e. The van der Waals surface area contributed by atoms with Crippen LogP contribution >= 0.6 is 28.3 Å². The molecular formula is C10H9BrClN. The van der Waals surface area contributed by atoms with Crippen LogP contribution in [0.15, 0.2) is 40.9 Å². The molecule has 2 N–H and O–H groups in total. The van der Waals surface area contributed by atoms with Gasteiger partial charge in [-0.25, -0.2) is 0 Å². The van der Waals surface area contributed by atoms with Gasteiger partial charge in [0.25, 0.3) is 0 Å². The van der Waals surface area contributed by atoms with Crippen molar-refractivity contribution in [3.05, 3.63) is 40.9 Å². The summed E-state index contributed by atoms with van der Waals surface area (Å²) in [4.78, 5) is 0. The molecule has 0 heterocycles. The molecule has 2 aromatic carbocycles. The van der Waals surface area contributed by atoms with Gasteiger partial charge >= 0.3 is 0 Å². The highest BCUT2D eigenvalue weighted by Crippen LogP contribution is 2.24. The molecular weight excluding hydrogens is 249 g/mol. The van der Waals surface area contributed by atoms with Crippen molar-refractivity contribution in [2.24, 2.45) is 0 Å². The van der Waals surface area contributed by atoms with Gasteiger partial charge in [0.05, 0.1) is 0 Å². The zero-order valence-electron chi connectivity index (χ0n) is 6.83. The maximum absolute atomic E-state index is 5.66. The van der Waals surface area contributed by atoms with Crippen LogP contribution in [-0.2, 0) is 0 Å². The number of benzene rings is 2. The highest BCUT2D eigenvalue weighted by Gasteiger charge is 1.96. The molecule has 13 heavy (non-hydrogen) atoms. The van der Waals surface area contributed by atoms with Gasteiger partial charge in [0, 0.05) is 10.2 Å². The Morgan fingerprint density at radius 1 is 1.08 bits per heavy atom. The third-order valence-corrected chi connectivity index (χ3v) is 2.54. The molecule has 0 aliphatic heterocycles. The Morgan fingerprint density at radius 2 is 1.85 bits per heavy atom. The molecule has 3 heteroatoms. The van der Waals surface area contributed by atoms with E-state index in [0.717, 1.165) is 10.2 Å². The van der Waals surface area contributed by atoms with Crippen LogP contribution < -0.4 is 5.73 Å². The molecule has 2 aromatic rings. The molecule has 0 unspecified atom stereocenters. The van der Waals surface area contributed by atoms with E-state index in [9.17, 15) is 0 Å². The van der Waals surface area contributed by atoms with Crippen molar-refractivity contribution in [1.82, 2.24) is 0 Å². The summed E-state index contributed by atoms with van der Waals surface area (Å²) in [7, 11) is 0. The Morgan fingerprint density at radius 3 is 2.62 bits per heavy atom. The van der Waals surface area contributed by atoms with Gasteiger partial charge in [0.2, 0.25) is 0 Å². The van der Waals surface area contributed by atoms with Gasteiger partial charge < -0.3 is 5.73 Å². The molecule has 0 aliphatic rings. The molecule has 0 saturated carbocycles. The summed E-state index contributed by atoms with van der Waals surface area (Å²) >= 11 is 3.48. The molecule has 0 aromatic heterocycles. The van der Waals surface area contributed by atoms with Crippen LogP contribution in [0.1, 0.15) is 0 Å². The predicted octanol–water partition coefficient (Wildman–Crippen LogP) is 3.61. The monoisotopic (exact) mass is 257 g/mol. The average molecular weight is 259 g/mol. The highest BCUT2D eigenvalue weighted by atomic mass is 79.9. The quantitative estimate of drug-likeness (QED) is 0.718. The van der Waals surface area contributed by atoms with E-state index in [0.29, 0.717) is 0 Å². The molecule has 0 saturated heterocycles. The van der Waals surface area contributed by atoms with Crippen LogP contribution in [0.3, 0.4) is 0 Å². The van der Waals surface area contributed by atoms with E-state index in [1.165, 1.54) is 10.8 Å². The van der Waals surface area contributed by atoms with E-state index in [1.54, 1.807) is 0 Å². The van der Waals surface area contributed by atoms with Gasteiger partial charge in [-0.1, -0.05) is 34.1 Å². The molecule has 0 amide bonds. The second-order valence-corrected chi connectivity index (χ2v) is 3.57. The molecule has 68 valence electrons. The molecule has 2 rings (SSSR count). The maximum atomic E-state index is 5.66. The topological polar surface area (TPSA) is 26.0 Å². The number of nitrogens with two attached hydrogens (primary N) is 1. The van der Waals surface area contributed by atoms with Crippen molar-refractivity contribution >= 4 is 44.8 Å². The van der Waals surface area contributed by atoms with Crippen molar-refractivity contribution in [2.75, 3.05) is 5.73 Å². The number of rotatable bonds is 0. The number of fused-ring (bicyclic) bond motifs is 1. The first-order valence-electron chi connectivity index (χ1n) is 3.71. The minimum Gasteiger partial charge on any atom is -0.399 e. The Kier molecular flexibility index (Phi) is 3.17. The number of anilines is 1. The first-order chi connectivity index (χ1) is 5.77. The van der Waals surface area contributed by atoms with Crippen molar-refractivity contribution in [3.8, 4) is 0 Å². The second kappa shape index (κ2) is 3.99. The van der Waals surface area contributed by atoms with Crippen LogP contribution in [0.4, 0.5) is 5.69 Å². The van der Waals surface area contributed by atoms with Crippen molar-refractivity contribution < 1.29 is 0 Å². The minimum atomic E-state index is 0. The number of hydrogen-bond acceptors (Lipinski definition) is 1. The number of hydrogen-bond donors (Lipinski definition) is 1.